The van der Waals surface area contributed by atoms with Crippen molar-refractivity contribution in [3.8, 4) is 0 Å². The molecule has 1 nitrogen and oxygen atoms in total. The summed E-state index contributed by atoms with van der Waals surface area (Å²) >= 11 is 0. The van der Waals surface area contributed by atoms with Gasteiger partial charge in [0.1, 0.15) is 5.57 Å². The molecule has 0 aromatic rings. The van der Waals surface area contributed by atoms with E-state index in [2.05, 4.69) is 6.92 Å². The van der Waals surface area contributed by atoms with Gasteiger partial charge in [0.15, 0.2) is 0 Å². The van der Waals surface area contributed by atoms with Crippen LogP contribution >= 0.6 is 0 Å². The SMILES string of the molecule is CC1=CC=C(C(F)(F)OC2CCC(C3CCC(C)CC3)CC2)C(F)(F)C1(F)F. The first-order valence-electron chi connectivity index (χ1n) is 10.2. The largest absolute Gasteiger partial charge is 0.385 e. The van der Waals surface area contributed by atoms with Gasteiger partial charge in [-0.15, -0.1) is 0 Å². The maximum absolute atomic E-state index is 14.4. The maximum atomic E-state index is 14.4. The van der Waals surface area contributed by atoms with Crippen molar-refractivity contribution < 1.29 is 31.1 Å². The molecule has 7 heteroatoms. The van der Waals surface area contributed by atoms with E-state index >= 15 is 0 Å². The Bertz CT molecular complexity index is 623. The first-order chi connectivity index (χ1) is 12.9. The fraction of sp³-hybridized carbons (Fsp3) is 0.810. The number of rotatable bonds is 4. The van der Waals surface area contributed by atoms with Crippen LogP contribution in [0.25, 0.3) is 0 Å². The predicted octanol–water partition coefficient (Wildman–Crippen LogP) is 7.14. The third-order valence-electron chi connectivity index (χ3n) is 6.80. The molecule has 2 saturated carbocycles. The van der Waals surface area contributed by atoms with E-state index in [0.29, 0.717) is 49.7 Å². The molecule has 3 aliphatic rings. The summed E-state index contributed by atoms with van der Waals surface area (Å²) in [6, 6.07) is 0. The summed E-state index contributed by atoms with van der Waals surface area (Å²) in [4.78, 5) is 0. The van der Waals surface area contributed by atoms with E-state index in [1.807, 2.05) is 0 Å². The molecule has 160 valence electrons. The number of halogens is 6. The monoisotopic (exact) mass is 410 g/mol. The number of ether oxygens (including phenoxy) is 1. The van der Waals surface area contributed by atoms with Crippen LogP contribution in [0.15, 0.2) is 23.3 Å². The number of hydrogen-bond acceptors (Lipinski definition) is 1. The molecule has 3 rings (SSSR count). The minimum absolute atomic E-state index is 0.344. The average molecular weight is 410 g/mol. The second-order valence-corrected chi connectivity index (χ2v) is 8.77. The minimum atomic E-state index is -4.98. The highest BCUT2D eigenvalue weighted by Crippen LogP contribution is 2.52. The molecule has 0 radical (unpaired) electrons. The van der Waals surface area contributed by atoms with Gasteiger partial charge in [0.25, 0.3) is 0 Å². The van der Waals surface area contributed by atoms with Gasteiger partial charge in [0.2, 0.25) is 0 Å². The molecule has 0 amide bonds. The molecule has 28 heavy (non-hydrogen) atoms. The first kappa shape index (κ1) is 21.7. The lowest BCUT2D eigenvalue weighted by Crippen LogP contribution is -2.50. The fourth-order valence-electron chi connectivity index (χ4n) is 4.82. The molecule has 0 spiro atoms. The molecular weight excluding hydrogens is 382 g/mol. The highest BCUT2D eigenvalue weighted by Gasteiger charge is 2.67. The Morgan fingerprint density at radius 3 is 1.86 bits per heavy atom. The highest BCUT2D eigenvalue weighted by molar-refractivity contribution is 5.39. The Kier molecular flexibility index (Phi) is 5.97. The van der Waals surface area contributed by atoms with Crippen molar-refractivity contribution in [2.75, 3.05) is 0 Å². The third kappa shape index (κ3) is 4.01. The minimum Gasteiger partial charge on any atom is -0.313 e. The van der Waals surface area contributed by atoms with Gasteiger partial charge in [-0.3, -0.25) is 0 Å². The van der Waals surface area contributed by atoms with E-state index in [0.717, 1.165) is 25.7 Å². The summed E-state index contributed by atoms with van der Waals surface area (Å²) in [6.45, 7) is 3.03. The van der Waals surface area contributed by atoms with Crippen molar-refractivity contribution in [2.24, 2.45) is 17.8 Å². The number of hydrogen-bond donors (Lipinski definition) is 0. The van der Waals surface area contributed by atoms with Gasteiger partial charge in [-0.05, 0) is 69.3 Å². The van der Waals surface area contributed by atoms with Gasteiger partial charge in [0.05, 0.1) is 6.10 Å². The van der Waals surface area contributed by atoms with Crippen LogP contribution in [0.1, 0.15) is 65.2 Å². The summed E-state index contributed by atoms with van der Waals surface area (Å²) in [6.07, 6.45) is 2.44. The predicted molar refractivity (Wildman–Crippen MR) is 94.6 cm³/mol. The molecular formula is C21H28F6O. The van der Waals surface area contributed by atoms with Crippen molar-refractivity contribution in [3.05, 3.63) is 23.3 Å². The molecule has 0 bridgehead atoms. The van der Waals surface area contributed by atoms with Gasteiger partial charge < -0.3 is 4.74 Å². The summed E-state index contributed by atoms with van der Waals surface area (Å²) < 4.78 is 89.2. The summed E-state index contributed by atoms with van der Waals surface area (Å²) in [5.74, 6) is -7.86. The zero-order valence-electron chi connectivity index (χ0n) is 16.3. The smallest absolute Gasteiger partial charge is 0.313 e. The van der Waals surface area contributed by atoms with Crippen molar-refractivity contribution in [1.29, 1.82) is 0 Å². The topological polar surface area (TPSA) is 9.23 Å². The van der Waals surface area contributed by atoms with Crippen molar-refractivity contribution in [2.45, 2.75) is 89.3 Å². The summed E-state index contributed by atoms with van der Waals surface area (Å²) in [7, 11) is 0. The quantitative estimate of drug-likeness (QED) is 0.448. The Morgan fingerprint density at radius 2 is 1.32 bits per heavy atom. The van der Waals surface area contributed by atoms with E-state index in [1.165, 1.54) is 12.8 Å². The van der Waals surface area contributed by atoms with Gasteiger partial charge >= 0.3 is 18.0 Å². The standard InChI is InChI=1S/C21H28F6O/c1-13-3-6-15(7-4-13)16-8-10-17(11-9-16)28-21(26,27)18-12-5-14(2)19(22,23)20(18,24)25/h5,12-13,15-17H,3-4,6-11H2,1-2H3. The maximum Gasteiger partial charge on any atom is 0.385 e. The molecule has 3 aliphatic carbocycles. The van der Waals surface area contributed by atoms with Crippen molar-refractivity contribution >= 4 is 0 Å². The summed E-state index contributed by atoms with van der Waals surface area (Å²) in [5, 5.41) is 0. The van der Waals surface area contributed by atoms with Crippen LogP contribution in [-0.2, 0) is 4.74 Å². The second-order valence-electron chi connectivity index (χ2n) is 8.77. The Labute approximate surface area is 162 Å². The lowest BCUT2D eigenvalue weighted by Gasteiger charge is -2.39. The molecule has 0 aliphatic heterocycles. The van der Waals surface area contributed by atoms with Crippen LogP contribution in [0, 0.1) is 17.8 Å². The summed E-state index contributed by atoms with van der Waals surface area (Å²) in [5.41, 5.74) is -2.90. The first-order valence-corrected chi connectivity index (χ1v) is 10.2. The fourth-order valence-corrected chi connectivity index (χ4v) is 4.82. The number of allylic oxidation sites excluding steroid dienone is 3. The molecule has 0 saturated heterocycles. The molecule has 0 aromatic heterocycles. The van der Waals surface area contributed by atoms with E-state index in [4.69, 9.17) is 4.74 Å². The van der Waals surface area contributed by atoms with Gasteiger partial charge in [0, 0.05) is 5.57 Å². The van der Waals surface area contributed by atoms with Gasteiger partial charge in [-0.25, -0.2) is 0 Å². The van der Waals surface area contributed by atoms with Gasteiger partial charge in [-0.1, -0.05) is 25.8 Å². The molecule has 0 aromatic carbocycles. The lowest BCUT2D eigenvalue weighted by atomic mass is 9.71. The highest BCUT2D eigenvalue weighted by atomic mass is 19.3. The lowest BCUT2D eigenvalue weighted by molar-refractivity contribution is -0.273. The Balaban J connectivity index is 1.61. The van der Waals surface area contributed by atoms with E-state index < -0.39 is 35.2 Å². The average Bonchev–Trinajstić information content (AvgIpc) is 2.61. The van der Waals surface area contributed by atoms with Crippen LogP contribution in [0.2, 0.25) is 0 Å². The van der Waals surface area contributed by atoms with Crippen molar-refractivity contribution in [3.63, 3.8) is 0 Å². The van der Waals surface area contributed by atoms with Crippen LogP contribution in [0.4, 0.5) is 26.3 Å². The van der Waals surface area contributed by atoms with Crippen LogP contribution in [0.3, 0.4) is 0 Å². The van der Waals surface area contributed by atoms with Crippen LogP contribution in [0.5, 0.6) is 0 Å². The zero-order chi connectivity index (χ0) is 20.7. The molecule has 0 unspecified atom stereocenters. The normalized spacial score (nSPS) is 35.9. The van der Waals surface area contributed by atoms with Crippen molar-refractivity contribution in [1.82, 2.24) is 0 Å². The van der Waals surface area contributed by atoms with Crippen LogP contribution in [-0.4, -0.2) is 24.1 Å². The molecule has 0 N–H and O–H groups in total. The van der Waals surface area contributed by atoms with E-state index in [1.54, 1.807) is 0 Å². The molecule has 0 heterocycles. The third-order valence-corrected chi connectivity index (χ3v) is 6.80. The van der Waals surface area contributed by atoms with Crippen LogP contribution < -0.4 is 0 Å². The number of alkyl halides is 6. The van der Waals surface area contributed by atoms with E-state index in [9.17, 15) is 26.3 Å². The van der Waals surface area contributed by atoms with E-state index in [-0.39, 0.29) is 0 Å². The Hall–Kier alpha value is -0.980. The Morgan fingerprint density at radius 1 is 0.821 bits per heavy atom. The molecule has 2 fully saturated rings. The molecule has 0 atom stereocenters. The van der Waals surface area contributed by atoms with Gasteiger partial charge in [-0.2, -0.15) is 26.3 Å². The zero-order valence-corrected chi connectivity index (χ0v) is 16.3. The second kappa shape index (κ2) is 7.69.